The standard InChI is InChI=1S/C9H8ClIO/c10-9(5-12-6-9)7-1-3-8(11)4-2-7/h1-4H,5-6H2. The summed E-state index contributed by atoms with van der Waals surface area (Å²) < 4.78 is 6.32. The molecule has 64 valence electrons. The van der Waals surface area contributed by atoms with Crippen molar-refractivity contribution in [3.8, 4) is 0 Å². The van der Waals surface area contributed by atoms with Gasteiger partial charge in [-0.05, 0) is 40.3 Å². The lowest BCUT2D eigenvalue weighted by Gasteiger charge is -2.35. The van der Waals surface area contributed by atoms with Crippen LogP contribution in [0.2, 0.25) is 0 Å². The summed E-state index contributed by atoms with van der Waals surface area (Å²) in [4.78, 5) is -0.246. The van der Waals surface area contributed by atoms with Crippen LogP contribution in [0.3, 0.4) is 0 Å². The van der Waals surface area contributed by atoms with Crippen molar-refractivity contribution in [2.45, 2.75) is 4.87 Å². The molecule has 0 radical (unpaired) electrons. The van der Waals surface area contributed by atoms with Gasteiger partial charge in [-0.1, -0.05) is 12.1 Å². The van der Waals surface area contributed by atoms with Crippen molar-refractivity contribution < 1.29 is 4.74 Å². The van der Waals surface area contributed by atoms with Crippen LogP contribution in [0, 0.1) is 3.57 Å². The van der Waals surface area contributed by atoms with Gasteiger partial charge in [-0.25, -0.2) is 0 Å². The fourth-order valence-electron chi connectivity index (χ4n) is 1.20. The van der Waals surface area contributed by atoms with E-state index in [-0.39, 0.29) is 4.87 Å². The summed E-state index contributed by atoms with van der Waals surface area (Å²) in [6.45, 7) is 1.27. The first-order valence-electron chi connectivity index (χ1n) is 3.73. The third kappa shape index (κ3) is 1.47. The number of halogens is 2. The van der Waals surface area contributed by atoms with Crippen molar-refractivity contribution >= 4 is 34.2 Å². The lowest BCUT2D eigenvalue weighted by Crippen LogP contribution is -2.41. The first-order chi connectivity index (χ1) is 5.71. The van der Waals surface area contributed by atoms with Crippen LogP contribution in [-0.4, -0.2) is 13.2 Å². The molecular formula is C9H8ClIO. The molecule has 0 aromatic heterocycles. The maximum atomic E-state index is 6.26. The van der Waals surface area contributed by atoms with Gasteiger partial charge in [-0.2, -0.15) is 0 Å². The Morgan fingerprint density at radius 2 is 1.83 bits per heavy atom. The van der Waals surface area contributed by atoms with E-state index in [0.29, 0.717) is 13.2 Å². The highest BCUT2D eigenvalue weighted by Gasteiger charge is 2.37. The van der Waals surface area contributed by atoms with Gasteiger partial charge in [0.15, 0.2) is 0 Å². The fourth-order valence-corrected chi connectivity index (χ4v) is 1.84. The molecule has 0 atom stereocenters. The molecule has 1 aromatic rings. The minimum Gasteiger partial charge on any atom is -0.377 e. The van der Waals surface area contributed by atoms with E-state index >= 15 is 0 Å². The quantitative estimate of drug-likeness (QED) is 0.572. The topological polar surface area (TPSA) is 9.23 Å². The molecule has 2 rings (SSSR count). The number of rotatable bonds is 1. The zero-order valence-corrected chi connectivity index (χ0v) is 9.30. The summed E-state index contributed by atoms with van der Waals surface area (Å²) >= 11 is 8.54. The molecule has 1 heterocycles. The van der Waals surface area contributed by atoms with E-state index in [1.165, 1.54) is 3.57 Å². The van der Waals surface area contributed by atoms with Gasteiger partial charge in [0.05, 0.1) is 13.2 Å². The lowest BCUT2D eigenvalue weighted by molar-refractivity contribution is -0.0152. The van der Waals surface area contributed by atoms with Gasteiger partial charge in [-0.15, -0.1) is 11.6 Å². The van der Waals surface area contributed by atoms with E-state index in [1.807, 2.05) is 0 Å². The van der Waals surface area contributed by atoms with E-state index in [9.17, 15) is 0 Å². The molecule has 1 aromatic carbocycles. The fraction of sp³-hybridized carbons (Fsp3) is 0.333. The Morgan fingerprint density at radius 1 is 1.25 bits per heavy atom. The molecule has 0 bridgehead atoms. The molecule has 0 saturated carbocycles. The van der Waals surface area contributed by atoms with Gasteiger partial charge in [0.2, 0.25) is 0 Å². The van der Waals surface area contributed by atoms with Crippen LogP contribution in [0.15, 0.2) is 24.3 Å². The van der Waals surface area contributed by atoms with Crippen LogP contribution in [0.5, 0.6) is 0 Å². The number of benzene rings is 1. The van der Waals surface area contributed by atoms with Crippen molar-refractivity contribution in [2.75, 3.05) is 13.2 Å². The average molecular weight is 295 g/mol. The van der Waals surface area contributed by atoms with E-state index in [1.54, 1.807) is 0 Å². The van der Waals surface area contributed by atoms with Gasteiger partial charge in [0.1, 0.15) is 4.87 Å². The zero-order chi connectivity index (χ0) is 8.60. The number of hydrogen-bond acceptors (Lipinski definition) is 1. The average Bonchev–Trinajstić information content (AvgIpc) is 2.02. The maximum absolute atomic E-state index is 6.26. The van der Waals surface area contributed by atoms with Crippen molar-refractivity contribution in [3.05, 3.63) is 33.4 Å². The minimum atomic E-state index is -0.246. The van der Waals surface area contributed by atoms with E-state index in [2.05, 4.69) is 46.9 Å². The Bertz CT molecular complexity index is 279. The van der Waals surface area contributed by atoms with Gasteiger partial charge >= 0.3 is 0 Å². The molecule has 0 N–H and O–H groups in total. The van der Waals surface area contributed by atoms with E-state index < -0.39 is 0 Å². The molecule has 1 fully saturated rings. The van der Waals surface area contributed by atoms with Crippen LogP contribution in [0.1, 0.15) is 5.56 Å². The second-order valence-electron chi connectivity index (χ2n) is 2.96. The van der Waals surface area contributed by atoms with Crippen molar-refractivity contribution in [1.29, 1.82) is 0 Å². The second-order valence-corrected chi connectivity index (χ2v) is 4.93. The highest BCUT2D eigenvalue weighted by Crippen LogP contribution is 2.36. The molecule has 1 aliphatic heterocycles. The van der Waals surface area contributed by atoms with Crippen molar-refractivity contribution in [3.63, 3.8) is 0 Å². The van der Waals surface area contributed by atoms with E-state index in [4.69, 9.17) is 16.3 Å². The summed E-state index contributed by atoms with van der Waals surface area (Å²) in [6, 6.07) is 8.27. The van der Waals surface area contributed by atoms with Crippen LogP contribution in [-0.2, 0) is 9.61 Å². The molecule has 0 amide bonds. The predicted octanol–water partition coefficient (Wildman–Crippen LogP) is 2.76. The number of alkyl halides is 1. The summed E-state index contributed by atoms with van der Waals surface area (Å²) in [7, 11) is 0. The lowest BCUT2D eigenvalue weighted by atomic mass is 9.97. The van der Waals surface area contributed by atoms with Gasteiger partial charge < -0.3 is 4.74 Å². The van der Waals surface area contributed by atoms with Crippen molar-refractivity contribution in [2.24, 2.45) is 0 Å². The summed E-state index contributed by atoms with van der Waals surface area (Å²) in [5, 5.41) is 0. The SMILES string of the molecule is ClC1(c2ccc(I)cc2)COC1. The number of ether oxygens (including phenoxy) is 1. The van der Waals surface area contributed by atoms with Crippen LogP contribution < -0.4 is 0 Å². The zero-order valence-electron chi connectivity index (χ0n) is 6.39. The highest BCUT2D eigenvalue weighted by atomic mass is 127. The maximum Gasteiger partial charge on any atom is 0.116 e. The smallest absolute Gasteiger partial charge is 0.116 e. The molecule has 1 saturated heterocycles. The van der Waals surface area contributed by atoms with E-state index in [0.717, 1.165) is 5.56 Å². The Hall–Kier alpha value is 0.200. The minimum absolute atomic E-state index is 0.246. The number of hydrogen-bond donors (Lipinski definition) is 0. The molecule has 0 unspecified atom stereocenters. The molecule has 0 aliphatic carbocycles. The van der Waals surface area contributed by atoms with Crippen LogP contribution in [0.25, 0.3) is 0 Å². The monoisotopic (exact) mass is 294 g/mol. The predicted molar refractivity (Wildman–Crippen MR) is 57.5 cm³/mol. The Balaban J connectivity index is 2.28. The molecule has 12 heavy (non-hydrogen) atoms. The van der Waals surface area contributed by atoms with Crippen LogP contribution >= 0.6 is 34.2 Å². The summed E-state index contributed by atoms with van der Waals surface area (Å²) in [6.07, 6.45) is 0. The summed E-state index contributed by atoms with van der Waals surface area (Å²) in [5.41, 5.74) is 1.16. The third-order valence-corrected chi connectivity index (χ3v) is 3.18. The molecule has 1 aliphatic rings. The largest absolute Gasteiger partial charge is 0.377 e. The molecule has 3 heteroatoms. The highest BCUT2D eigenvalue weighted by molar-refractivity contribution is 14.1. The van der Waals surface area contributed by atoms with Gasteiger partial charge in [0.25, 0.3) is 0 Å². The van der Waals surface area contributed by atoms with Crippen molar-refractivity contribution in [1.82, 2.24) is 0 Å². The van der Waals surface area contributed by atoms with Gasteiger partial charge in [-0.3, -0.25) is 0 Å². The molecule has 1 nitrogen and oxygen atoms in total. The summed E-state index contributed by atoms with van der Waals surface area (Å²) in [5.74, 6) is 0. The first kappa shape index (κ1) is 8.78. The Kier molecular flexibility index (Phi) is 2.31. The Labute approximate surface area is 90.2 Å². The normalized spacial score (nSPS) is 20.2. The molecule has 0 spiro atoms. The van der Waals surface area contributed by atoms with Gasteiger partial charge in [0, 0.05) is 3.57 Å². The first-order valence-corrected chi connectivity index (χ1v) is 5.19. The Morgan fingerprint density at radius 3 is 2.25 bits per heavy atom. The third-order valence-electron chi connectivity index (χ3n) is 2.02. The second kappa shape index (κ2) is 3.16. The molecular weight excluding hydrogens is 286 g/mol. The van der Waals surface area contributed by atoms with Crippen LogP contribution in [0.4, 0.5) is 0 Å².